The van der Waals surface area contributed by atoms with Gasteiger partial charge in [0.1, 0.15) is 5.69 Å². The minimum Gasteiger partial charge on any atom is -0.344 e. The fourth-order valence-corrected chi connectivity index (χ4v) is 2.01. The Morgan fingerprint density at radius 2 is 1.74 bits per heavy atom. The molecule has 1 atom stereocenters. The van der Waals surface area contributed by atoms with E-state index in [1.165, 1.54) is 0 Å². The van der Waals surface area contributed by atoms with Gasteiger partial charge in [0.25, 0.3) is 5.91 Å². The first-order chi connectivity index (χ1) is 9.18. The number of nitrogens with one attached hydrogen (secondary N) is 1. The van der Waals surface area contributed by atoms with Gasteiger partial charge in [0.05, 0.1) is 6.04 Å². The molecule has 1 amide bonds. The molecule has 1 heterocycles. The van der Waals surface area contributed by atoms with Crippen LogP contribution in [0.4, 0.5) is 0 Å². The fourth-order valence-electron chi connectivity index (χ4n) is 2.01. The highest BCUT2D eigenvalue weighted by Crippen LogP contribution is 2.21. The first-order valence-electron chi connectivity index (χ1n) is 6.45. The molecule has 0 fully saturated rings. The van der Waals surface area contributed by atoms with E-state index in [2.05, 4.69) is 24.1 Å². The number of aromatic nitrogens is 1. The quantitative estimate of drug-likeness (QED) is 0.910. The molecule has 2 rings (SSSR count). The second-order valence-electron chi connectivity index (χ2n) is 4.82. The molecule has 2 aromatic rings. The van der Waals surface area contributed by atoms with Crippen molar-refractivity contribution in [1.29, 1.82) is 0 Å². The van der Waals surface area contributed by atoms with E-state index in [1.54, 1.807) is 18.3 Å². The van der Waals surface area contributed by atoms with Gasteiger partial charge >= 0.3 is 0 Å². The minimum atomic E-state index is -0.136. The van der Waals surface area contributed by atoms with Crippen LogP contribution < -0.4 is 5.32 Å². The zero-order chi connectivity index (χ0) is 13.7. The number of amides is 1. The van der Waals surface area contributed by atoms with E-state index in [9.17, 15) is 4.79 Å². The van der Waals surface area contributed by atoms with E-state index in [1.807, 2.05) is 36.4 Å². The zero-order valence-electron chi connectivity index (χ0n) is 11.2. The Bertz CT molecular complexity index is 523. The molecule has 19 heavy (non-hydrogen) atoms. The van der Waals surface area contributed by atoms with Crippen molar-refractivity contribution in [1.82, 2.24) is 10.3 Å². The largest absolute Gasteiger partial charge is 0.344 e. The Morgan fingerprint density at radius 3 is 2.32 bits per heavy atom. The molecule has 3 heteroatoms. The van der Waals surface area contributed by atoms with Gasteiger partial charge < -0.3 is 5.32 Å². The molecule has 0 aliphatic heterocycles. The molecule has 0 radical (unpaired) electrons. The number of carbonyl (C=O) groups is 1. The van der Waals surface area contributed by atoms with Crippen molar-refractivity contribution in [3.8, 4) is 0 Å². The number of carbonyl (C=O) groups excluding carboxylic acids is 1. The molecule has 0 aliphatic carbocycles. The van der Waals surface area contributed by atoms with Gasteiger partial charge in [0.15, 0.2) is 0 Å². The lowest BCUT2D eigenvalue weighted by Gasteiger charge is -2.22. The summed E-state index contributed by atoms with van der Waals surface area (Å²) >= 11 is 0. The summed E-state index contributed by atoms with van der Waals surface area (Å²) in [5.41, 5.74) is 1.56. The van der Waals surface area contributed by atoms with Crippen LogP contribution in [0.15, 0.2) is 54.7 Å². The Balaban J connectivity index is 2.17. The summed E-state index contributed by atoms with van der Waals surface area (Å²) in [7, 11) is 0. The van der Waals surface area contributed by atoms with Gasteiger partial charge in [-0.1, -0.05) is 50.2 Å². The van der Waals surface area contributed by atoms with Gasteiger partial charge in [0.2, 0.25) is 0 Å². The van der Waals surface area contributed by atoms with E-state index >= 15 is 0 Å². The molecule has 1 aromatic heterocycles. The minimum absolute atomic E-state index is 0.00398. The third-order valence-electron chi connectivity index (χ3n) is 3.01. The summed E-state index contributed by atoms with van der Waals surface area (Å²) < 4.78 is 0. The number of rotatable bonds is 4. The van der Waals surface area contributed by atoms with Crippen molar-refractivity contribution in [2.45, 2.75) is 19.9 Å². The number of pyridine rings is 1. The van der Waals surface area contributed by atoms with Crippen LogP contribution in [-0.4, -0.2) is 10.9 Å². The average molecular weight is 254 g/mol. The molecule has 1 N–H and O–H groups in total. The molecule has 0 unspecified atom stereocenters. The Morgan fingerprint density at radius 1 is 1.05 bits per heavy atom. The smallest absolute Gasteiger partial charge is 0.270 e. The first-order valence-corrected chi connectivity index (χ1v) is 6.45. The third-order valence-corrected chi connectivity index (χ3v) is 3.01. The molecular weight excluding hydrogens is 236 g/mol. The van der Waals surface area contributed by atoms with Crippen LogP contribution in [0.5, 0.6) is 0 Å². The zero-order valence-corrected chi connectivity index (χ0v) is 11.2. The summed E-state index contributed by atoms with van der Waals surface area (Å²) in [6.45, 7) is 4.19. The van der Waals surface area contributed by atoms with Crippen LogP contribution in [0.2, 0.25) is 0 Å². The SMILES string of the molecule is CC(C)[C@H](NC(=O)c1ccccn1)c1ccccc1. The van der Waals surface area contributed by atoms with Crippen molar-refractivity contribution in [2.24, 2.45) is 5.92 Å². The molecule has 98 valence electrons. The van der Waals surface area contributed by atoms with Gasteiger partial charge in [-0.2, -0.15) is 0 Å². The van der Waals surface area contributed by atoms with Gasteiger partial charge in [-0.05, 0) is 23.6 Å². The molecule has 0 aliphatic rings. The molecule has 1 aromatic carbocycles. The highest BCUT2D eigenvalue weighted by Gasteiger charge is 2.19. The molecule has 0 bridgehead atoms. The summed E-state index contributed by atoms with van der Waals surface area (Å²) in [5.74, 6) is 0.179. The van der Waals surface area contributed by atoms with Crippen LogP contribution in [-0.2, 0) is 0 Å². The van der Waals surface area contributed by atoms with E-state index in [0.29, 0.717) is 11.6 Å². The summed E-state index contributed by atoms with van der Waals surface area (Å²) in [6, 6.07) is 15.3. The Labute approximate surface area is 113 Å². The number of hydrogen-bond donors (Lipinski definition) is 1. The van der Waals surface area contributed by atoms with Crippen LogP contribution in [0, 0.1) is 5.92 Å². The molecule has 0 saturated heterocycles. The van der Waals surface area contributed by atoms with Crippen LogP contribution in [0.25, 0.3) is 0 Å². The maximum Gasteiger partial charge on any atom is 0.270 e. The second-order valence-corrected chi connectivity index (χ2v) is 4.82. The van der Waals surface area contributed by atoms with Gasteiger partial charge in [0, 0.05) is 6.20 Å². The molecular formula is C16H18N2O. The first kappa shape index (κ1) is 13.3. The van der Waals surface area contributed by atoms with E-state index < -0.39 is 0 Å². The maximum atomic E-state index is 12.2. The lowest BCUT2D eigenvalue weighted by Crippen LogP contribution is -2.32. The lowest BCUT2D eigenvalue weighted by molar-refractivity contribution is 0.0920. The van der Waals surface area contributed by atoms with Gasteiger partial charge in [-0.25, -0.2) is 0 Å². The number of benzene rings is 1. The third kappa shape index (κ3) is 3.41. The van der Waals surface area contributed by atoms with Crippen LogP contribution in [0.3, 0.4) is 0 Å². The van der Waals surface area contributed by atoms with Gasteiger partial charge in [-0.15, -0.1) is 0 Å². The second kappa shape index (κ2) is 6.14. The Kier molecular flexibility index (Phi) is 4.29. The highest BCUT2D eigenvalue weighted by molar-refractivity contribution is 5.92. The average Bonchev–Trinajstić information content (AvgIpc) is 2.46. The van der Waals surface area contributed by atoms with E-state index in [0.717, 1.165) is 5.56 Å². The van der Waals surface area contributed by atoms with Crippen molar-refractivity contribution in [3.63, 3.8) is 0 Å². The predicted molar refractivity (Wildman–Crippen MR) is 75.7 cm³/mol. The highest BCUT2D eigenvalue weighted by atomic mass is 16.1. The predicted octanol–water partition coefficient (Wildman–Crippen LogP) is 3.21. The number of hydrogen-bond acceptors (Lipinski definition) is 2. The fraction of sp³-hybridized carbons (Fsp3) is 0.250. The monoisotopic (exact) mass is 254 g/mol. The van der Waals surface area contributed by atoms with Crippen LogP contribution in [0.1, 0.15) is 35.9 Å². The topological polar surface area (TPSA) is 42.0 Å². The van der Waals surface area contributed by atoms with Crippen LogP contribution >= 0.6 is 0 Å². The van der Waals surface area contributed by atoms with Gasteiger partial charge in [-0.3, -0.25) is 9.78 Å². The normalized spacial score (nSPS) is 12.2. The van der Waals surface area contributed by atoms with E-state index in [4.69, 9.17) is 0 Å². The molecule has 0 spiro atoms. The summed E-state index contributed by atoms with van der Waals surface area (Å²) in [5, 5.41) is 3.05. The van der Waals surface area contributed by atoms with Crippen molar-refractivity contribution >= 4 is 5.91 Å². The maximum absolute atomic E-state index is 12.2. The van der Waals surface area contributed by atoms with Crippen molar-refractivity contribution in [3.05, 3.63) is 66.0 Å². The Hall–Kier alpha value is -2.16. The lowest BCUT2D eigenvalue weighted by atomic mass is 9.96. The molecule has 3 nitrogen and oxygen atoms in total. The van der Waals surface area contributed by atoms with E-state index in [-0.39, 0.29) is 11.9 Å². The standard InChI is InChI=1S/C16H18N2O/c1-12(2)15(13-8-4-3-5-9-13)18-16(19)14-10-6-7-11-17-14/h3-12,15H,1-2H3,(H,18,19)/t15-/m0/s1. The number of nitrogens with zero attached hydrogens (tertiary/aromatic N) is 1. The summed E-state index contributed by atoms with van der Waals surface area (Å²) in [4.78, 5) is 16.2. The summed E-state index contributed by atoms with van der Waals surface area (Å²) in [6.07, 6.45) is 1.63. The van der Waals surface area contributed by atoms with Crippen molar-refractivity contribution in [2.75, 3.05) is 0 Å². The van der Waals surface area contributed by atoms with Crippen molar-refractivity contribution < 1.29 is 4.79 Å². The molecule has 0 saturated carbocycles.